The lowest BCUT2D eigenvalue weighted by Crippen LogP contribution is -2.36. The van der Waals surface area contributed by atoms with Crippen molar-refractivity contribution in [1.29, 1.82) is 0 Å². The highest BCUT2D eigenvalue weighted by Gasteiger charge is 2.12. The summed E-state index contributed by atoms with van der Waals surface area (Å²) in [5.74, 6) is 0.127. The zero-order chi connectivity index (χ0) is 15.0. The Morgan fingerprint density at radius 2 is 2.35 bits per heavy atom. The molecule has 1 amide bonds. The zero-order valence-corrected chi connectivity index (χ0v) is 13.0. The van der Waals surface area contributed by atoms with E-state index in [1.54, 1.807) is 11.7 Å². The minimum atomic E-state index is -0.228. The van der Waals surface area contributed by atoms with Crippen LogP contribution >= 0.6 is 11.8 Å². The average molecular weight is 302 g/mol. The lowest BCUT2D eigenvalue weighted by molar-refractivity contribution is -0.119. The van der Waals surface area contributed by atoms with Crippen LogP contribution in [0.3, 0.4) is 0 Å². The number of aromatic amines is 1. The van der Waals surface area contributed by atoms with E-state index in [1.807, 2.05) is 6.92 Å². The SMILES string of the molecule is CCCCn1c(SCC(=O)NC(C)COC)n[nH]c1=O. The van der Waals surface area contributed by atoms with Crippen molar-refractivity contribution in [3.05, 3.63) is 10.5 Å². The summed E-state index contributed by atoms with van der Waals surface area (Å²) >= 11 is 1.25. The predicted molar refractivity (Wildman–Crippen MR) is 78.0 cm³/mol. The maximum absolute atomic E-state index is 11.7. The van der Waals surface area contributed by atoms with Gasteiger partial charge in [-0.3, -0.25) is 9.36 Å². The number of methoxy groups -OCH3 is 1. The number of carbonyl (C=O) groups excluding carboxylic acids is 1. The first-order valence-corrected chi connectivity index (χ1v) is 7.63. The summed E-state index contributed by atoms with van der Waals surface area (Å²) in [6.45, 7) is 5.02. The highest BCUT2D eigenvalue weighted by atomic mass is 32.2. The number of rotatable bonds is 9. The topological polar surface area (TPSA) is 89.0 Å². The third-order valence-electron chi connectivity index (χ3n) is 2.61. The maximum atomic E-state index is 11.7. The molecule has 0 saturated carbocycles. The van der Waals surface area contributed by atoms with E-state index in [9.17, 15) is 9.59 Å². The van der Waals surface area contributed by atoms with Gasteiger partial charge >= 0.3 is 5.69 Å². The van der Waals surface area contributed by atoms with Crippen molar-refractivity contribution >= 4 is 17.7 Å². The van der Waals surface area contributed by atoms with Crippen molar-refractivity contribution in [3.8, 4) is 0 Å². The molecular weight excluding hydrogens is 280 g/mol. The van der Waals surface area contributed by atoms with E-state index in [1.165, 1.54) is 11.8 Å². The molecule has 0 aliphatic carbocycles. The molecule has 8 heteroatoms. The van der Waals surface area contributed by atoms with E-state index < -0.39 is 0 Å². The molecule has 7 nitrogen and oxygen atoms in total. The van der Waals surface area contributed by atoms with Crippen LogP contribution in [-0.4, -0.2) is 46.2 Å². The molecular formula is C12H22N4O3S. The Morgan fingerprint density at radius 1 is 1.60 bits per heavy atom. The molecule has 114 valence electrons. The number of nitrogens with one attached hydrogen (secondary N) is 2. The van der Waals surface area contributed by atoms with Crippen LogP contribution in [0.1, 0.15) is 26.7 Å². The third kappa shape index (κ3) is 5.38. The Kier molecular flexibility index (Phi) is 7.38. The minimum Gasteiger partial charge on any atom is -0.383 e. The van der Waals surface area contributed by atoms with Gasteiger partial charge in [0.05, 0.1) is 12.4 Å². The maximum Gasteiger partial charge on any atom is 0.343 e. The lowest BCUT2D eigenvalue weighted by atomic mass is 10.3. The smallest absolute Gasteiger partial charge is 0.343 e. The van der Waals surface area contributed by atoms with Gasteiger partial charge in [-0.2, -0.15) is 0 Å². The molecule has 1 aromatic heterocycles. The predicted octanol–water partition coefficient (Wildman–Crippen LogP) is 0.615. The summed E-state index contributed by atoms with van der Waals surface area (Å²) < 4.78 is 6.52. The number of aromatic nitrogens is 3. The first-order valence-electron chi connectivity index (χ1n) is 6.64. The first-order chi connectivity index (χ1) is 9.58. The number of ether oxygens (including phenoxy) is 1. The number of nitrogens with zero attached hydrogens (tertiary/aromatic N) is 2. The fraction of sp³-hybridized carbons (Fsp3) is 0.750. The number of hydrogen-bond donors (Lipinski definition) is 2. The molecule has 1 aromatic rings. The summed E-state index contributed by atoms with van der Waals surface area (Å²) in [7, 11) is 1.59. The highest BCUT2D eigenvalue weighted by Crippen LogP contribution is 2.13. The molecule has 0 bridgehead atoms. The molecule has 1 heterocycles. The Balaban J connectivity index is 2.49. The molecule has 1 unspecified atom stereocenters. The molecule has 0 aliphatic heterocycles. The molecule has 0 fully saturated rings. The zero-order valence-electron chi connectivity index (χ0n) is 12.1. The normalized spacial score (nSPS) is 12.3. The minimum absolute atomic E-state index is 0.0328. The van der Waals surface area contributed by atoms with Crippen LogP contribution in [0, 0.1) is 0 Å². The van der Waals surface area contributed by atoms with Gasteiger partial charge in [-0.05, 0) is 13.3 Å². The van der Waals surface area contributed by atoms with E-state index in [2.05, 4.69) is 22.4 Å². The van der Waals surface area contributed by atoms with Crippen LogP contribution in [0.4, 0.5) is 0 Å². The Labute approximate surface area is 122 Å². The average Bonchev–Trinajstić information content (AvgIpc) is 2.75. The van der Waals surface area contributed by atoms with Crippen molar-refractivity contribution in [2.75, 3.05) is 19.5 Å². The monoisotopic (exact) mass is 302 g/mol. The second-order valence-electron chi connectivity index (χ2n) is 4.53. The van der Waals surface area contributed by atoms with Crippen molar-refractivity contribution < 1.29 is 9.53 Å². The number of thioether (sulfide) groups is 1. The molecule has 0 spiro atoms. The summed E-state index contributed by atoms with van der Waals surface area (Å²) in [5, 5.41) is 9.72. The van der Waals surface area contributed by atoms with Gasteiger partial charge in [0.1, 0.15) is 0 Å². The first kappa shape index (κ1) is 16.8. The largest absolute Gasteiger partial charge is 0.383 e. The molecule has 0 saturated heterocycles. The fourth-order valence-corrected chi connectivity index (χ4v) is 2.45. The Bertz CT molecular complexity index is 472. The van der Waals surface area contributed by atoms with Crippen LogP contribution < -0.4 is 11.0 Å². The number of H-pyrrole nitrogens is 1. The van der Waals surface area contributed by atoms with Crippen molar-refractivity contribution in [1.82, 2.24) is 20.1 Å². The quantitative estimate of drug-likeness (QED) is 0.653. The van der Waals surface area contributed by atoms with Crippen LogP contribution in [0.25, 0.3) is 0 Å². The molecule has 20 heavy (non-hydrogen) atoms. The highest BCUT2D eigenvalue weighted by molar-refractivity contribution is 7.99. The summed E-state index contributed by atoms with van der Waals surface area (Å²) in [6, 6.07) is -0.0328. The molecule has 0 radical (unpaired) electrons. The summed E-state index contributed by atoms with van der Waals surface area (Å²) in [5.41, 5.74) is -0.228. The van der Waals surface area contributed by atoms with Gasteiger partial charge < -0.3 is 10.1 Å². The van der Waals surface area contributed by atoms with Crippen LogP contribution in [0.15, 0.2) is 9.95 Å². The van der Waals surface area contributed by atoms with E-state index >= 15 is 0 Å². The van der Waals surface area contributed by atoms with Crippen molar-refractivity contribution in [2.24, 2.45) is 0 Å². The van der Waals surface area contributed by atoms with Crippen molar-refractivity contribution in [2.45, 2.75) is 44.4 Å². The molecule has 2 N–H and O–H groups in total. The number of carbonyl (C=O) groups is 1. The third-order valence-corrected chi connectivity index (χ3v) is 3.59. The van der Waals surface area contributed by atoms with Crippen LogP contribution in [0.2, 0.25) is 0 Å². The van der Waals surface area contributed by atoms with Crippen LogP contribution in [0.5, 0.6) is 0 Å². The van der Waals surface area contributed by atoms with E-state index in [0.717, 1.165) is 12.8 Å². The Hall–Kier alpha value is -1.28. The van der Waals surface area contributed by atoms with Gasteiger partial charge in [0, 0.05) is 19.7 Å². The second-order valence-corrected chi connectivity index (χ2v) is 5.47. The lowest BCUT2D eigenvalue weighted by Gasteiger charge is -2.12. The van der Waals surface area contributed by atoms with Gasteiger partial charge in [-0.15, -0.1) is 5.10 Å². The number of amides is 1. The molecule has 0 aliphatic rings. The number of hydrogen-bond acceptors (Lipinski definition) is 5. The van der Waals surface area contributed by atoms with E-state index in [-0.39, 0.29) is 23.4 Å². The van der Waals surface area contributed by atoms with Gasteiger partial charge in [0.25, 0.3) is 0 Å². The standard InChI is InChI=1S/C12H22N4O3S/c1-4-5-6-16-11(18)14-15-12(16)20-8-10(17)13-9(2)7-19-3/h9H,4-8H2,1-3H3,(H,13,17)(H,14,18). The molecule has 1 rings (SSSR count). The second kappa shape index (κ2) is 8.80. The number of unbranched alkanes of at least 4 members (excludes halogenated alkanes) is 1. The van der Waals surface area contributed by atoms with Gasteiger partial charge in [0.15, 0.2) is 5.16 Å². The van der Waals surface area contributed by atoms with Gasteiger partial charge in [-0.1, -0.05) is 25.1 Å². The van der Waals surface area contributed by atoms with E-state index in [4.69, 9.17) is 4.74 Å². The van der Waals surface area contributed by atoms with E-state index in [0.29, 0.717) is 18.3 Å². The molecule has 1 atom stereocenters. The van der Waals surface area contributed by atoms with Gasteiger partial charge in [-0.25, -0.2) is 9.89 Å². The van der Waals surface area contributed by atoms with Crippen LogP contribution in [-0.2, 0) is 16.1 Å². The van der Waals surface area contributed by atoms with Gasteiger partial charge in [0.2, 0.25) is 5.91 Å². The van der Waals surface area contributed by atoms with Crippen molar-refractivity contribution in [3.63, 3.8) is 0 Å². The summed E-state index contributed by atoms with van der Waals surface area (Å²) in [4.78, 5) is 23.3. The summed E-state index contributed by atoms with van der Waals surface area (Å²) in [6.07, 6.45) is 1.90. The Morgan fingerprint density at radius 3 is 3.00 bits per heavy atom. The molecule has 0 aromatic carbocycles. The fourth-order valence-electron chi connectivity index (χ4n) is 1.67.